The lowest BCUT2D eigenvalue weighted by molar-refractivity contribution is 0.00770. The molecule has 3 heteroatoms. The second-order valence-corrected chi connectivity index (χ2v) is 3.28. The summed E-state index contributed by atoms with van der Waals surface area (Å²) >= 11 is 0. The van der Waals surface area contributed by atoms with Crippen molar-refractivity contribution in [2.75, 3.05) is 7.11 Å². The van der Waals surface area contributed by atoms with E-state index in [9.17, 15) is 0 Å². The van der Waals surface area contributed by atoms with Gasteiger partial charge < -0.3 is 9.47 Å². The summed E-state index contributed by atoms with van der Waals surface area (Å²) in [5, 5.41) is 0. The maximum atomic E-state index is 5.77. The predicted octanol–water partition coefficient (Wildman–Crippen LogP) is 1.67. The molecule has 69 valence electrons. The Hall–Kier alpha value is -0.0151. The molecule has 1 aliphatic rings. The van der Waals surface area contributed by atoms with Crippen molar-refractivity contribution < 1.29 is 9.47 Å². The van der Waals surface area contributed by atoms with Gasteiger partial charge in [-0.05, 0) is 12.8 Å². The fraction of sp³-hybridized carbons (Fsp3) is 1.00. The molecule has 1 saturated heterocycles. The molecule has 2 nitrogen and oxygen atoms in total. The van der Waals surface area contributed by atoms with Crippen LogP contribution < -0.4 is 0 Å². The topological polar surface area (TPSA) is 18.5 Å². The third kappa shape index (κ3) is 2.24. The molecule has 0 bridgehead atoms. The first-order chi connectivity index (χ1) is 5.81. The van der Waals surface area contributed by atoms with E-state index >= 15 is 0 Å². The van der Waals surface area contributed by atoms with E-state index < -0.39 is 0 Å². The summed E-state index contributed by atoms with van der Waals surface area (Å²) in [5.74, 6) is 0. The minimum Gasteiger partial charge on any atom is -0.381 e. The van der Waals surface area contributed by atoms with Gasteiger partial charge in [0.1, 0.15) is 7.28 Å². The number of methoxy groups -OCH3 is 1. The Morgan fingerprint density at radius 3 is 2.67 bits per heavy atom. The van der Waals surface area contributed by atoms with Crippen molar-refractivity contribution in [2.24, 2.45) is 0 Å². The smallest absolute Gasteiger partial charge is 0.149 e. The Morgan fingerprint density at radius 1 is 1.50 bits per heavy atom. The van der Waals surface area contributed by atoms with Gasteiger partial charge in [0.25, 0.3) is 0 Å². The molecule has 0 aromatic carbocycles. The van der Waals surface area contributed by atoms with Crippen LogP contribution in [0.5, 0.6) is 0 Å². The highest BCUT2D eigenvalue weighted by atomic mass is 16.6. The predicted molar refractivity (Wildman–Crippen MR) is 50.6 cm³/mol. The maximum absolute atomic E-state index is 5.77. The van der Waals surface area contributed by atoms with Crippen LogP contribution in [0.2, 0.25) is 6.32 Å². The molecule has 0 spiro atoms. The molecule has 1 fully saturated rings. The molecule has 0 aromatic rings. The van der Waals surface area contributed by atoms with Gasteiger partial charge in [0.2, 0.25) is 0 Å². The van der Waals surface area contributed by atoms with Crippen molar-refractivity contribution in [1.29, 1.82) is 0 Å². The summed E-state index contributed by atoms with van der Waals surface area (Å²) in [7, 11) is 3.99. The van der Waals surface area contributed by atoms with Gasteiger partial charge in [-0.1, -0.05) is 20.2 Å². The van der Waals surface area contributed by atoms with Crippen LogP contribution in [0.15, 0.2) is 0 Å². The van der Waals surface area contributed by atoms with Gasteiger partial charge in [0, 0.05) is 13.1 Å². The Kier molecular flexibility index (Phi) is 4.09. The molecule has 3 unspecified atom stereocenters. The highest BCUT2D eigenvalue weighted by Gasteiger charge is 2.33. The Balaban J connectivity index is 2.36. The van der Waals surface area contributed by atoms with Crippen molar-refractivity contribution in [2.45, 2.75) is 51.2 Å². The third-order valence-electron chi connectivity index (χ3n) is 2.43. The van der Waals surface area contributed by atoms with Crippen LogP contribution in [0.25, 0.3) is 0 Å². The van der Waals surface area contributed by atoms with Crippen LogP contribution in [0.1, 0.15) is 26.7 Å². The van der Waals surface area contributed by atoms with Crippen LogP contribution in [-0.4, -0.2) is 32.6 Å². The van der Waals surface area contributed by atoms with Crippen molar-refractivity contribution in [1.82, 2.24) is 0 Å². The van der Waals surface area contributed by atoms with Gasteiger partial charge in [0.15, 0.2) is 0 Å². The summed E-state index contributed by atoms with van der Waals surface area (Å²) in [6.07, 6.45) is 3.78. The first-order valence-electron chi connectivity index (χ1n) is 4.83. The van der Waals surface area contributed by atoms with Crippen LogP contribution in [0.4, 0.5) is 0 Å². The summed E-state index contributed by atoms with van der Waals surface area (Å²) in [6.45, 7) is 4.29. The summed E-state index contributed by atoms with van der Waals surface area (Å²) in [6, 6.07) is 0.324. The van der Waals surface area contributed by atoms with Crippen LogP contribution in [0.3, 0.4) is 0 Å². The first kappa shape index (κ1) is 10.1. The third-order valence-corrected chi connectivity index (χ3v) is 2.43. The molecular formula is C9H18BO2. The standard InChI is InChI=1S/C9H18BO2/c1-4-7-8(11-3)6-9(12-7)10-5-2/h7-9H,4-6H2,1-3H3. The van der Waals surface area contributed by atoms with Crippen LogP contribution >= 0.6 is 0 Å². The lowest BCUT2D eigenvalue weighted by atomic mass is 9.68. The fourth-order valence-electron chi connectivity index (χ4n) is 1.77. The summed E-state index contributed by atoms with van der Waals surface area (Å²) in [5.41, 5.74) is 0. The molecule has 3 atom stereocenters. The van der Waals surface area contributed by atoms with Crippen LogP contribution in [-0.2, 0) is 9.47 Å². The largest absolute Gasteiger partial charge is 0.381 e. The molecule has 0 saturated carbocycles. The SMILES string of the molecule is CC[B]C1CC(OC)C(CC)O1. The zero-order valence-electron chi connectivity index (χ0n) is 8.25. The van der Waals surface area contributed by atoms with E-state index in [0.29, 0.717) is 18.2 Å². The van der Waals surface area contributed by atoms with Gasteiger partial charge in [-0.2, -0.15) is 0 Å². The Bertz CT molecular complexity index is 118. The first-order valence-corrected chi connectivity index (χ1v) is 4.83. The van der Waals surface area contributed by atoms with E-state index in [1.165, 1.54) is 0 Å². The number of rotatable bonds is 4. The average molecular weight is 169 g/mol. The molecule has 1 aliphatic heterocycles. The van der Waals surface area contributed by atoms with E-state index in [-0.39, 0.29) is 0 Å². The lowest BCUT2D eigenvalue weighted by Crippen LogP contribution is -2.21. The normalized spacial score (nSPS) is 35.4. The number of hydrogen-bond donors (Lipinski definition) is 0. The van der Waals surface area contributed by atoms with Gasteiger partial charge in [-0.15, -0.1) is 0 Å². The van der Waals surface area contributed by atoms with Crippen LogP contribution in [0, 0.1) is 0 Å². The van der Waals surface area contributed by atoms with E-state index in [1.54, 1.807) is 7.11 Å². The molecule has 0 amide bonds. The number of hydrogen-bond acceptors (Lipinski definition) is 2. The van der Waals surface area contributed by atoms with Crippen molar-refractivity contribution in [3.63, 3.8) is 0 Å². The second-order valence-electron chi connectivity index (χ2n) is 3.28. The fourth-order valence-corrected chi connectivity index (χ4v) is 1.77. The van der Waals surface area contributed by atoms with Gasteiger partial charge in [-0.25, -0.2) is 0 Å². The van der Waals surface area contributed by atoms with E-state index in [4.69, 9.17) is 9.47 Å². The highest BCUT2D eigenvalue weighted by Crippen LogP contribution is 2.24. The van der Waals surface area contributed by atoms with Crippen molar-refractivity contribution >= 4 is 7.28 Å². The average Bonchev–Trinajstić information content (AvgIpc) is 2.48. The molecule has 0 aliphatic carbocycles. The Morgan fingerprint density at radius 2 is 2.25 bits per heavy atom. The van der Waals surface area contributed by atoms with Gasteiger partial charge in [0.05, 0.1) is 12.2 Å². The summed E-state index contributed by atoms with van der Waals surface area (Å²) in [4.78, 5) is 0. The van der Waals surface area contributed by atoms with Gasteiger partial charge in [-0.3, -0.25) is 0 Å². The molecule has 1 radical (unpaired) electrons. The number of ether oxygens (including phenoxy) is 2. The zero-order valence-corrected chi connectivity index (χ0v) is 8.25. The minimum atomic E-state index is 0.308. The van der Waals surface area contributed by atoms with Gasteiger partial charge >= 0.3 is 0 Å². The molecule has 12 heavy (non-hydrogen) atoms. The zero-order chi connectivity index (χ0) is 8.97. The highest BCUT2D eigenvalue weighted by molar-refractivity contribution is 6.37. The second kappa shape index (κ2) is 4.88. The lowest BCUT2D eigenvalue weighted by Gasteiger charge is -2.14. The molecule has 1 rings (SSSR count). The molecular weight excluding hydrogens is 151 g/mol. The van der Waals surface area contributed by atoms with E-state index in [0.717, 1.165) is 19.2 Å². The summed E-state index contributed by atoms with van der Waals surface area (Å²) < 4.78 is 11.1. The van der Waals surface area contributed by atoms with E-state index in [1.807, 2.05) is 0 Å². The maximum Gasteiger partial charge on any atom is 0.149 e. The van der Waals surface area contributed by atoms with Crippen molar-refractivity contribution in [3.8, 4) is 0 Å². The molecule has 1 heterocycles. The van der Waals surface area contributed by atoms with Crippen molar-refractivity contribution in [3.05, 3.63) is 0 Å². The van der Waals surface area contributed by atoms with E-state index in [2.05, 4.69) is 21.1 Å². The molecule has 0 N–H and O–H groups in total. The monoisotopic (exact) mass is 169 g/mol. The molecule has 0 aromatic heterocycles. The Labute approximate surface area is 75.9 Å². The quantitative estimate of drug-likeness (QED) is 0.596. The minimum absolute atomic E-state index is 0.308.